The standard InChI is InChI=1S/C18H21ClN2O2/c19-12-17(22)13-21-16-8-4-7-15(11-16)18(23)20-10-9-14-5-2-1-3-6-14/h1-8,11,17,21-22H,9-10,12-13H2,(H,20,23). The van der Waals surface area contributed by atoms with Crippen LogP contribution in [0.5, 0.6) is 0 Å². The molecule has 0 fully saturated rings. The summed E-state index contributed by atoms with van der Waals surface area (Å²) in [5.74, 6) is 0.0645. The fourth-order valence-corrected chi connectivity index (χ4v) is 2.24. The quantitative estimate of drug-likeness (QED) is 0.651. The van der Waals surface area contributed by atoms with E-state index in [1.165, 1.54) is 5.56 Å². The van der Waals surface area contributed by atoms with Crippen LogP contribution in [0, 0.1) is 0 Å². The summed E-state index contributed by atoms with van der Waals surface area (Å²) in [6.07, 6.45) is 0.187. The number of hydrogen-bond acceptors (Lipinski definition) is 3. The lowest BCUT2D eigenvalue weighted by Crippen LogP contribution is -2.26. The Morgan fingerprint density at radius 3 is 2.65 bits per heavy atom. The van der Waals surface area contributed by atoms with Crippen molar-refractivity contribution in [1.29, 1.82) is 0 Å². The first-order valence-electron chi connectivity index (χ1n) is 7.59. The van der Waals surface area contributed by atoms with E-state index in [1.54, 1.807) is 12.1 Å². The zero-order valence-corrected chi connectivity index (χ0v) is 13.6. The summed E-state index contributed by atoms with van der Waals surface area (Å²) in [5, 5.41) is 15.4. The zero-order chi connectivity index (χ0) is 16.5. The van der Waals surface area contributed by atoms with Gasteiger partial charge in [0.2, 0.25) is 0 Å². The van der Waals surface area contributed by atoms with Crippen LogP contribution in [0.25, 0.3) is 0 Å². The van der Waals surface area contributed by atoms with Gasteiger partial charge in [-0.3, -0.25) is 4.79 Å². The minimum absolute atomic E-state index is 0.109. The van der Waals surface area contributed by atoms with E-state index < -0.39 is 6.10 Å². The number of rotatable bonds is 8. The number of benzene rings is 2. The van der Waals surface area contributed by atoms with Crippen LogP contribution in [0.4, 0.5) is 5.69 Å². The lowest BCUT2D eigenvalue weighted by Gasteiger charge is -2.11. The maximum atomic E-state index is 12.2. The Labute approximate surface area is 141 Å². The van der Waals surface area contributed by atoms with Gasteiger partial charge < -0.3 is 15.7 Å². The third-order valence-corrected chi connectivity index (χ3v) is 3.74. The van der Waals surface area contributed by atoms with Crippen LogP contribution in [0.3, 0.4) is 0 Å². The van der Waals surface area contributed by atoms with Crippen molar-refractivity contribution in [2.75, 3.05) is 24.3 Å². The maximum Gasteiger partial charge on any atom is 0.251 e. The fourth-order valence-electron chi connectivity index (χ4n) is 2.13. The molecule has 2 aromatic carbocycles. The van der Waals surface area contributed by atoms with Gasteiger partial charge in [0.05, 0.1) is 12.0 Å². The summed E-state index contributed by atoms with van der Waals surface area (Å²) in [4.78, 5) is 12.2. The number of alkyl halides is 1. The molecule has 2 rings (SSSR count). The first-order valence-corrected chi connectivity index (χ1v) is 8.12. The number of carbonyl (C=O) groups excluding carboxylic acids is 1. The lowest BCUT2D eigenvalue weighted by atomic mass is 10.1. The fraction of sp³-hybridized carbons (Fsp3) is 0.278. The van der Waals surface area contributed by atoms with Crippen LogP contribution in [-0.2, 0) is 6.42 Å². The van der Waals surface area contributed by atoms with E-state index in [-0.39, 0.29) is 11.8 Å². The van der Waals surface area contributed by atoms with Crippen molar-refractivity contribution in [3.05, 3.63) is 65.7 Å². The summed E-state index contributed by atoms with van der Waals surface area (Å²) < 4.78 is 0. The molecule has 0 aliphatic carbocycles. The van der Waals surface area contributed by atoms with Gasteiger partial charge in [0.1, 0.15) is 0 Å². The largest absolute Gasteiger partial charge is 0.390 e. The molecule has 122 valence electrons. The van der Waals surface area contributed by atoms with Crippen LogP contribution >= 0.6 is 11.6 Å². The topological polar surface area (TPSA) is 61.4 Å². The van der Waals surface area contributed by atoms with Gasteiger partial charge in [-0.2, -0.15) is 0 Å². The van der Waals surface area contributed by atoms with E-state index in [4.69, 9.17) is 11.6 Å². The van der Waals surface area contributed by atoms with Crippen LogP contribution < -0.4 is 10.6 Å². The molecule has 2 aromatic rings. The average Bonchev–Trinajstić information content (AvgIpc) is 2.60. The second kappa shape index (κ2) is 9.18. The van der Waals surface area contributed by atoms with E-state index in [0.717, 1.165) is 12.1 Å². The molecule has 1 amide bonds. The van der Waals surface area contributed by atoms with E-state index in [0.29, 0.717) is 18.7 Å². The summed E-state index contributed by atoms with van der Waals surface area (Å²) >= 11 is 5.55. The molecule has 0 saturated carbocycles. The molecule has 0 saturated heterocycles. The molecule has 1 atom stereocenters. The van der Waals surface area contributed by atoms with Gasteiger partial charge in [-0.1, -0.05) is 36.4 Å². The molecule has 0 heterocycles. The predicted octanol–water partition coefficient (Wildman–Crippen LogP) is 2.67. The minimum Gasteiger partial charge on any atom is -0.390 e. The minimum atomic E-state index is -0.611. The van der Waals surface area contributed by atoms with Crippen molar-refractivity contribution in [3.8, 4) is 0 Å². The number of aliphatic hydroxyl groups excluding tert-OH is 1. The molecule has 23 heavy (non-hydrogen) atoms. The van der Waals surface area contributed by atoms with Gasteiger partial charge in [0, 0.05) is 24.3 Å². The number of hydrogen-bond donors (Lipinski definition) is 3. The SMILES string of the molecule is O=C(NCCc1ccccc1)c1cccc(NCC(O)CCl)c1. The number of carbonyl (C=O) groups is 1. The van der Waals surface area contributed by atoms with Crippen LogP contribution in [0.15, 0.2) is 54.6 Å². The van der Waals surface area contributed by atoms with Crippen molar-refractivity contribution >= 4 is 23.2 Å². The Balaban J connectivity index is 1.84. The van der Waals surface area contributed by atoms with Gasteiger partial charge in [0.15, 0.2) is 0 Å². The predicted molar refractivity (Wildman–Crippen MR) is 94.1 cm³/mol. The number of amides is 1. The molecule has 0 aliphatic rings. The molecule has 0 bridgehead atoms. The van der Waals surface area contributed by atoms with Gasteiger partial charge in [0.25, 0.3) is 5.91 Å². The number of anilines is 1. The summed E-state index contributed by atoms with van der Waals surface area (Å²) in [6.45, 7) is 0.939. The number of nitrogens with one attached hydrogen (secondary N) is 2. The molecule has 0 aliphatic heterocycles. The summed E-state index contributed by atoms with van der Waals surface area (Å²) in [7, 11) is 0. The molecule has 0 spiro atoms. The average molecular weight is 333 g/mol. The first kappa shape index (κ1) is 17.3. The molecular formula is C18H21ClN2O2. The normalized spacial score (nSPS) is 11.7. The monoisotopic (exact) mass is 332 g/mol. The molecule has 3 N–H and O–H groups in total. The van der Waals surface area contributed by atoms with E-state index in [1.807, 2.05) is 42.5 Å². The van der Waals surface area contributed by atoms with Crippen LogP contribution in [0.2, 0.25) is 0 Å². The highest BCUT2D eigenvalue weighted by Gasteiger charge is 2.07. The molecule has 0 radical (unpaired) electrons. The van der Waals surface area contributed by atoms with Crippen molar-refractivity contribution in [3.63, 3.8) is 0 Å². The summed E-state index contributed by atoms with van der Waals surface area (Å²) in [6, 6.07) is 17.2. The van der Waals surface area contributed by atoms with Gasteiger partial charge in [-0.05, 0) is 30.2 Å². The highest BCUT2D eigenvalue weighted by atomic mass is 35.5. The summed E-state index contributed by atoms with van der Waals surface area (Å²) in [5.41, 5.74) is 2.56. The second-order valence-corrected chi connectivity index (χ2v) is 5.57. The van der Waals surface area contributed by atoms with Gasteiger partial charge in [-0.25, -0.2) is 0 Å². The van der Waals surface area contributed by atoms with Crippen molar-refractivity contribution in [2.24, 2.45) is 0 Å². The van der Waals surface area contributed by atoms with Gasteiger partial charge in [-0.15, -0.1) is 11.6 Å². The Bertz CT molecular complexity index is 619. The van der Waals surface area contributed by atoms with E-state index in [2.05, 4.69) is 10.6 Å². The lowest BCUT2D eigenvalue weighted by molar-refractivity contribution is 0.0954. The van der Waals surface area contributed by atoms with Crippen LogP contribution in [0.1, 0.15) is 15.9 Å². The number of aliphatic hydroxyl groups is 1. The van der Waals surface area contributed by atoms with E-state index in [9.17, 15) is 9.90 Å². The Kier molecular flexibility index (Phi) is 6.91. The Morgan fingerprint density at radius 2 is 1.91 bits per heavy atom. The first-order chi connectivity index (χ1) is 11.2. The van der Waals surface area contributed by atoms with Crippen LogP contribution in [-0.4, -0.2) is 36.1 Å². The molecule has 4 nitrogen and oxygen atoms in total. The molecule has 1 unspecified atom stereocenters. The number of halogens is 1. The molecule has 0 aromatic heterocycles. The Hall–Kier alpha value is -2.04. The van der Waals surface area contributed by atoms with Crippen molar-refractivity contribution < 1.29 is 9.90 Å². The third-order valence-electron chi connectivity index (χ3n) is 3.39. The van der Waals surface area contributed by atoms with Crippen molar-refractivity contribution in [2.45, 2.75) is 12.5 Å². The highest BCUT2D eigenvalue weighted by Crippen LogP contribution is 2.11. The van der Waals surface area contributed by atoms with Crippen molar-refractivity contribution in [1.82, 2.24) is 5.32 Å². The van der Waals surface area contributed by atoms with Gasteiger partial charge >= 0.3 is 0 Å². The molecule has 5 heteroatoms. The second-order valence-electron chi connectivity index (χ2n) is 5.26. The smallest absolute Gasteiger partial charge is 0.251 e. The zero-order valence-electron chi connectivity index (χ0n) is 12.8. The highest BCUT2D eigenvalue weighted by molar-refractivity contribution is 6.18. The van der Waals surface area contributed by atoms with E-state index >= 15 is 0 Å². The molecular weight excluding hydrogens is 312 g/mol. The third kappa shape index (κ3) is 5.93. The Morgan fingerprint density at radius 1 is 1.13 bits per heavy atom. The maximum absolute atomic E-state index is 12.2.